The zero-order chi connectivity index (χ0) is 18.8. The summed E-state index contributed by atoms with van der Waals surface area (Å²) in [4.78, 5) is 29.4. The smallest absolute Gasteiger partial charge is 0.356 e. The van der Waals surface area contributed by atoms with Crippen LogP contribution in [0.2, 0.25) is 0 Å². The maximum absolute atomic E-state index is 12.6. The lowest BCUT2D eigenvalue weighted by atomic mass is 9.98. The van der Waals surface area contributed by atoms with Crippen LogP contribution >= 0.6 is 0 Å². The van der Waals surface area contributed by atoms with Gasteiger partial charge in [0.15, 0.2) is 0 Å². The zero-order valence-electron chi connectivity index (χ0n) is 14.9. The second-order valence-corrected chi connectivity index (χ2v) is 5.59. The second kappa shape index (κ2) is 6.87. The summed E-state index contributed by atoms with van der Waals surface area (Å²) in [6.45, 7) is 1.79. The molecular weight excluding hydrogens is 336 g/mol. The minimum atomic E-state index is -0.646. The van der Waals surface area contributed by atoms with Crippen LogP contribution < -0.4 is 4.74 Å². The Hall–Kier alpha value is -3.35. The highest BCUT2D eigenvalue weighted by Gasteiger charge is 2.28. The molecule has 0 bridgehead atoms. The Morgan fingerprint density at radius 1 is 1.00 bits per heavy atom. The average molecular weight is 354 g/mol. The van der Waals surface area contributed by atoms with E-state index in [-0.39, 0.29) is 11.3 Å². The number of pyridine rings is 1. The van der Waals surface area contributed by atoms with Gasteiger partial charge in [0.25, 0.3) is 0 Å². The van der Waals surface area contributed by atoms with Gasteiger partial charge in [-0.1, -0.05) is 12.1 Å². The third kappa shape index (κ3) is 2.77. The molecule has 7 heteroatoms. The van der Waals surface area contributed by atoms with Crippen molar-refractivity contribution < 1.29 is 23.8 Å². The van der Waals surface area contributed by atoms with Crippen LogP contribution in [0.4, 0.5) is 0 Å². The maximum Gasteiger partial charge on any atom is 0.356 e. The molecule has 0 N–H and O–H groups in total. The fraction of sp³-hybridized carbons (Fsp3) is 0.211. The third-order valence-corrected chi connectivity index (χ3v) is 4.14. The van der Waals surface area contributed by atoms with Gasteiger partial charge in [-0.05, 0) is 30.7 Å². The first-order valence-electron chi connectivity index (χ1n) is 7.84. The molecule has 7 nitrogen and oxygen atoms in total. The van der Waals surface area contributed by atoms with Crippen LogP contribution in [0.1, 0.15) is 26.5 Å². The maximum atomic E-state index is 12.6. The standard InChI is InChI=1S/C19H18N2O5/c1-11-10-20-15-9-14(12-5-7-13(24-2)8-6-12)16(18(22)25-3)17(21(11)15)19(23)26-4/h5-10H,1-4H3. The van der Waals surface area contributed by atoms with Gasteiger partial charge < -0.3 is 14.2 Å². The number of hydrogen-bond acceptors (Lipinski definition) is 6. The van der Waals surface area contributed by atoms with Gasteiger partial charge in [-0.25, -0.2) is 14.6 Å². The van der Waals surface area contributed by atoms with Gasteiger partial charge in [0.2, 0.25) is 0 Å². The average Bonchev–Trinajstić information content (AvgIpc) is 3.06. The van der Waals surface area contributed by atoms with Crippen molar-refractivity contribution in [1.29, 1.82) is 0 Å². The number of fused-ring (bicyclic) bond motifs is 1. The van der Waals surface area contributed by atoms with E-state index in [2.05, 4.69) is 4.98 Å². The molecule has 0 radical (unpaired) electrons. The van der Waals surface area contributed by atoms with Gasteiger partial charge in [0, 0.05) is 17.5 Å². The van der Waals surface area contributed by atoms with E-state index in [1.54, 1.807) is 55.0 Å². The Kier molecular flexibility index (Phi) is 4.62. The molecule has 0 fully saturated rings. The van der Waals surface area contributed by atoms with E-state index in [1.807, 2.05) is 0 Å². The fourth-order valence-corrected chi connectivity index (χ4v) is 2.89. The van der Waals surface area contributed by atoms with E-state index in [9.17, 15) is 9.59 Å². The molecule has 0 spiro atoms. The molecule has 134 valence electrons. The van der Waals surface area contributed by atoms with Crippen LogP contribution in [0.5, 0.6) is 5.75 Å². The van der Waals surface area contributed by atoms with Crippen molar-refractivity contribution in [1.82, 2.24) is 9.38 Å². The number of esters is 2. The molecule has 2 heterocycles. The highest BCUT2D eigenvalue weighted by Crippen LogP contribution is 2.31. The first kappa shape index (κ1) is 17.5. The number of methoxy groups -OCH3 is 3. The molecule has 1 aromatic carbocycles. The molecule has 0 unspecified atom stereocenters. The fourth-order valence-electron chi connectivity index (χ4n) is 2.89. The van der Waals surface area contributed by atoms with Crippen LogP contribution in [0, 0.1) is 6.92 Å². The van der Waals surface area contributed by atoms with Crippen LogP contribution in [0.25, 0.3) is 16.8 Å². The first-order chi connectivity index (χ1) is 12.5. The van der Waals surface area contributed by atoms with E-state index in [0.717, 1.165) is 5.56 Å². The molecule has 0 aliphatic heterocycles. The summed E-state index contributed by atoms with van der Waals surface area (Å²) < 4.78 is 16.6. The van der Waals surface area contributed by atoms with Crippen LogP contribution in [-0.2, 0) is 9.47 Å². The van der Waals surface area contributed by atoms with Gasteiger partial charge in [0.05, 0.1) is 26.9 Å². The zero-order valence-corrected chi connectivity index (χ0v) is 14.9. The lowest BCUT2D eigenvalue weighted by Crippen LogP contribution is -2.18. The number of rotatable bonds is 4. The molecule has 0 amide bonds. The van der Waals surface area contributed by atoms with Gasteiger partial charge in [-0.2, -0.15) is 0 Å². The van der Waals surface area contributed by atoms with E-state index >= 15 is 0 Å². The summed E-state index contributed by atoms with van der Waals surface area (Å²) in [6, 6.07) is 8.89. The molecule has 3 aromatic rings. The lowest BCUT2D eigenvalue weighted by molar-refractivity contribution is 0.0549. The van der Waals surface area contributed by atoms with Crippen molar-refractivity contribution in [3.8, 4) is 16.9 Å². The summed E-state index contributed by atoms with van der Waals surface area (Å²) in [6.07, 6.45) is 1.63. The molecule has 0 saturated heterocycles. The normalized spacial score (nSPS) is 10.6. The van der Waals surface area contributed by atoms with Gasteiger partial charge in [0.1, 0.15) is 17.1 Å². The molecule has 0 aliphatic rings. The number of benzene rings is 1. The quantitative estimate of drug-likeness (QED) is 0.670. The number of carbonyl (C=O) groups excluding carboxylic acids is 2. The summed E-state index contributed by atoms with van der Waals surface area (Å²) in [7, 11) is 4.11. The summed E-state index contributed by atoms with van der Waals surface area (Å²) >= 11 is 0. The lowest BCUT2D eigenvalue weighted by Gasteiger charge is -2.15. The minimum Gasteiger partial charge on any atom is -0.497 e. The number of imidazole rings is 1. The van der Waals surface area contributed by atoms with Crippen LogP contribution in [-0.4, -0.2) is 42.7 Å². The van der Waals surface area contributed by atoms with Crippen molar-refractivity contribution in [2.75, 3.05) is 21.3 Å². The van der Waals surface area contributed by atoms with E-state index in [4.69, 9.17) is 14.2 Å². The first-order valence-corrected chi connectivity index (χ1v) is 7.84. The predicted octanol–water partition coefficient (Wildman–Crippen LogP) is 2.89. The summed E-state index contributed by atoms with van der Waals surface area (Å²) in [5, 5.41) is 0. The number of carbonyl (C=O) groups is 2. The Morgan fingerprint density at radius 2 is 1.65 bits per heavy atom. The molecule has 2 aromatic heterocycles. The van der Waals surface area contributed by atoms with Crippen LogP contribution in [0.3, 0.4) is 0 Å². The Morgan fingerprint density at radius 3 is 2.23 bits per heavy atom. The Bertz CT molecular complexity index is 989. The number of aromatic nitrogens is 2. The Balaban J connectivity index is 2.40. The third-order valence-electron chi connectivity index (χ3n) is 4.14. The molecule has 0 aliphatic carbocycles. The van der Waals surface area contributed by atoms with Crippen molar-refractivity contribution in [2.24, 2.45) is 0 Å². The molecule has 0 atom stereocenters. The molecular formula is C19H18N2O5. The monoisotopic (exact) mass is 354 g/mol. The van der Waals surface area contributed by atoms with Crippen molar-refractivity contribution in [3.05, 3.63) is 53.5 Å². The summed E-state index contributed by atoms with van der Waals surface area (Å²) in [5.74, 6) is -0.600. The molecule has 0 saturated carbocycles. The van der Waals surface area contributed by atoms with E-state index in [1.165, 1.54) is 14.2 Å². The van der Waals surface area contributed by atoms with Crippen molar-refractivity contribution in [2.45, 2.75) is 6.92 Å². The number of hydrogen-bond donors (Lipinski definition) is 0. The number of nitrogens with zero attached hydrogens (tertiary/aromatic N) is 2. The topological polar surface area (TPSA) is 79.1 Å². The summed E-state index contributed by atoms with van der Waals surface area (Å²) in [5.41, 5.74) is 2.68. The van der Waals surface area contributed by atoms with Crippen molar-refractivity contribution in [3.63, 3.8) is 0 Å². The SMILES string of the molecule is COC(=O)c1c(-c2ccc(OC)cc2)cc2ncc(C)n2c1C(=O)OC. The molecule has 3 rings (SSSR count). The molecule has 26 heavy (non-hydrogen) atoms. The highest BCUT2D eigenvalue weighted by atomic mass is 16.5. The van der Waals surface area contributed by atoms with Crippen LogP contribution in [0.15, 0.2) is 36.5 Å². The second-order valence-electron chi connectivity index (χ2n) is 5.59. The number of aryl methyl sites for hydroxylation is 1. The van der Waals surface area contributed by atoms with Gasteiger partial charge >= 0.3 is 11.9 Å². The highest BCUT2D eigenvalue weighted by molar-refractivity contribution is 6.07. The predicted molar refractivity (Wildman–Crippen MR) is 94.6 cm³/mol. The van der Waals surface area contributed by atoms with Gasteiger partial charge in [-0.15, -0.1) is 0 Å². The van der Waals surface area contributed by atoms with Crippen molar-refractivity contribution >= 4 is 17.6 Å². The minimum absolute atomic E-state index is 0.0812. The van der Waals surface area contributed by atoms with E-state index in [0.29, 0.717) is 22.7 Å². The van der Waals surface area contributed by atoms with Gasteiger partial charge in [-0.3, -0.25) is 4.40 Å². The Labute approximate surface area is 150 Å². The van der Waals surface area contributed by atoms with E-state index < -0.39 is 11.9 Å². The number of ether oxygens (including phenoxy) is 3. The largest absolute Gasteiger partial charge is 0.497 e.